The van der Waals surface area contributed by atoms with Gasteiger partial charge >= 0.3 is 0 Å². The van der Waals surface area contributed by atoms with Crippen LogP contribution in [0.2, 0.25) is 5.02 Å². The summed E-state index contributed by atoms with van der Waals surface area (Å²) in [5, 5.41) is 3.48. The Morgan fingerprint density at radius 3 is 2.26 bits per heavy atom. The minimum absolute atomic E-state index is 0.00827. The van der Waals surface area contributed by atoms with Crippen LogP contribution < -0.4 is 14.4 Å². The quantitative estimate of drug-likeness (QED) is 0.283. The minimum Gasteiger partial charge on any atom is -0.494 e. The van der Waals surface area contributed by atoms with E-state index in [9.17, 15) is 18.0 Å². The van der Waals surface area contributed by atoms with Crippen molar-refractivity contribution in [1.29, 1.82) is 0 Å². The maximum atomic E-state index is 14.1. The van der Waals surface area contributed by atoms with Crippen LogP contribution in [-0.2, 0) is 26.2 Å². The Labute approximate surface area is 253 Å². The molecular weight excluding hydrogens is 574 g/mol. The number of amides is 2. The maximum Gasteiger partial charge on any atom is 0.264 e. The Balaban J connectivity index is 1.69. The lowest BCUT2D eigenvalue weighted by Gasteiger charge is -2.33. The molecule has 1 N–H and O–H groups in total. The van der Waals surface area contributed by atoms with Crippen molar-refractivity contribution in [3.63, 3.8) is 0 Å². The molecule has 0 heterocycles. The number of hydrogen-bond donors (Lipinski definition) is 1. The van der Waals surface area contributed by atoms with E-state index in [1.807, 2.05) is 38.1 Å². The highest BCUT2D eigenvalue weighted by Gasteiger charge is 2.33. The summed E-state index contributed by atoms with van der Waals surface area (Å²) in [6.45, 7) is 5.60. The van der Waals surface area contributed by atoms with E-state index in [1.54, 1.807) is 31.2 Å². The van der Waals surface area contributed by atoms with E-state index in [4.69, 9.17) is 16.3 Å². The number of nitrogens with zero attached hydrogens (tertiary/aromatic N) is 2. The van der Waals surface area contributed by atoms with E-state index in [2.05, 4.69) is 5.32 Å². The fourth-order valence-corrected chi connectivity index (χ4v) is 6.62. The summed E-state index contributed by atoms with van der Waals surface area (Å²) in [6.07, 6.45) is 3.94. The second-order valence-corrected chi connectivity index (χ2v) is 12.8. The maximum absolute atomic E-state index is 14.1. The number of hydrogen-bond acceptors (Lipinski definition) is 5. The van der Waals surface area contributed by atoms with Crippen LogP contribution in [0.5, 0.6) is 5.75 Å². The first-order chi connectivity index (χ1) is 20.1. The number of ether oxygens (including phenoxy) is 1. The second kappa shape index (κ2) is 14.1. The molecule has 1 aliphatic carbocycles. The Morgan fingerprint density at radius 1 is 1.00 bits per heavy atom. The van der Waals surface area contributed by atoms with Crippen molar-refractivity contribution in [3.05, 3.63) is 88.9 Å². The van der Waals surface area contributed by atoms with Crippen molar-refractivity contribution in [2.75, 3.05) is 17.5 Å². The van der Waals surface area contributed by atoms with Gasteiger partial charge in [-0.25, -0.2) is 8.42 Å². The summed E-state index contributed by atoms with van der Waals surface area (Å²) in [7, 11) is -4.18. The van der Waals surface area contributed by atoms with Crippen LogP contribution in [0.3, 0.4) is 0 Å². The topological polar surface area (TPSA) is 96.0 Å². The van der Waals surface area contributed by atoms with Crippen molar-refractivity contribution in [3.8, 4) is 5.75 Å². The van der Waals surface area contributed by atoms with E-state index in [1.165, 1.54) is 29.2 Å². The van der Waals surface area contributed by atoms with Gasteiger partial charge in [-0.1, -0.05) is 48.7 Å². The molecule has 224 valence electrons. The molecular formula is C32H38ClN3O5S. The van der Waals surface area contributed by atoms with Crippen LogP contribution in [0.1, 0.15) is 50.7 Å². The number of carbonyl (C=O) groups is 2. The summed E-state index contributed by atoms with van der Waals surface area (Å²) < 4.78 is 34.5. The summed E-state index contributed by atoms with van der Waals surface area (Å²) in [6, 6.07) is 19.2. The zero-order chi connectivity index (χ0) is 30.3. The van der Waals surface area contributed by atoms with Gasteiger partial charge in [-0.2, -0.15) is 0 Å². The molecule has 2 amide bonds. The lowest BCUT2D eigenvalue weighted by molar-refractivity contribution is -0.139. The number of halogens is 1. The minimum atomic E-state index is -4.18. The zero-order valence-electron chi connectivity index (χ0n) is 24.3. The van der Waals surface area contributed by atoms with Gasteiger partial charge in [-0.05, 0) is 93.3 Å². The number of anilines is 1. The molecule has 10 heteroatoms. The molecule has 42 heavy (non-hydrogen) atoms. The third kappa shape index (κ3) is 7.63. The fraction of sp³-hybridized carbons (Fsp3) is 0.375. The third-order valence-corrected chi connectivity index (χ3v) is 9.63. The molecule has 8 nitrogen and oxygen atoms in total. The van der Waals surface area contributed by atoms with Crippen LogP contribution in [0.25, 0.3) is 0 Å². The summed E-state index contributed by atoms with van der Waals surface area (Å²) in [4.78, 5) is 28.9. The van der Waals surface area contributed by atoms with Gasteiger partial charge in [-0.3, -0.25) is 13.9 Å². The first kappa shape index (κ1) is 31.4. The van der Waals surface area contributed by atoms with Crippen LogP contribution in [0.15, 0.2) is 77.7 Å². The van der Waals surface area contributed by atoms with Gasteiger partial charge in [-0.15, -0.1) is 0 Å². The Kier molecular flexibility index (Phi) is 10.5. The van der Waals surface area contributed by atoms with Gasteiger partial charge in [0, 0.05) is 17.6 Å². The van der Waals surface area contributed by atoms with Crippen molar-refractivity contribution in [2.24, 2.45) is 0 Å². The molecule has 0 unspecified atom stereocenters. The third-order valence-electron chi connectivity index (χ3n) is 7.59. The summed E-state index contributed by atoms with van der Waals surface area (Å²) >= 11 is 6.03. The van der Waals surface area contributed by atoms with Gasteiger partial charge in [0.15, 0.2) is 0 Å². The highest BCUT2D eigenvalue weighted by Crippen LogP contribution is 2.28. The number of sulfonamides is 1. The Hall–Kier alpha value is -3.56. The van der Waals surface area contributed by atoms with Gasteiger partial charge in [0.2, 0.25) is 11.8 Å². The highest BCUT2D eigenvalue weighted by atomic mass is 35.5. The number of carbonyl (C=O) groups excluding carboxylic acids is 2. The Morgan fingerprint density at radius 2 is 1.64 bits per heavy atom. The predicted octanol–water partition coefficient (Wildman–Crippen LogP) is 5.72. The number of nitrogens with one attached hydrogen (secondary N) is 1. The standard InChI is InChI=1S/C32H38ClN3O5S/c1-4-41-29-17-15-28(16-18-29)36(42(39,40)30-19-13-26(33)14-20-30)22-31(37)35(21-25-10-6-5-9-23(25)2)24(3)32(38)34-27-11-7-8-12-27/h5-6,9-10,13-20,24,27H,4,7-8,11-12,21-22H2,1-3H3,(H,34,38)/t24-/m1/s1. The SMILES string of the molecule is CCOc1ccc(N(CC(=O)N(Cc2ccccc2C)[C@H](C)C(=O)NC2CCCC2)S(=O)(=O)c2ccc(Cl)cc2)cc1. The molecule has 0 radical (unpaired) electrons. The predicted molar refractivity (Wildman–Crippen MR) is 165 cm³/mol. The Bertz CT molecular complexity index is 1470. The molecule has 0 bridgehead atoms. The summed E-state index contributed by atoms with van der Waals surface area (Å²) in [5.74, 6) is -0.175. The van der Waals surface area contributed by atoms with Crippen molar-refractivity contribution in [1.82, 2.24) is 10.2 Å². The van der Waals surface area contributed by atoms with E-state index in [0.717, 1.165) is 41.1 Å². The molecule has 3 aromatic rings. The average molecular weight is 612 g/mol. The molecule has 0 aromatic heterocycles. The first-order valence-electron chi connectivity index (χ1n) is 14.3. The molecule has 1 aliphatic rings. The molecule has 0 saturated heterocycles. The second-order valence-electron chi connectivity index (χ2n) is 10.5. The highest BCUT2D eigenvalue weighted by molar-refractivity contribution is 7.92. The van der Waals surface area contributed by atoms with Crippen LogP contribution in [0.4, 0.5) is 5.69 Å². The molecule has 1 fully saturated rings. The van der Waals surface area contributed by atoms with Gasteiger partial charge in [0.1, 0.15) is 18.3 Å². The van der Waals surface area contributed by atoms with Gasteiger partial charge in [0.25, 0.3) is 10.0 Å². The van der Waals surface area contributed by atoms with Crippen LogP contribution in [0, 0.1) is 6.92 Å². The number of aryl methyl sites for hydroxylation is 1. The fourth-order valence-electron chi connectivity index (χ4n) is 5.08. The van der Waals surface area contributed by atoms with Crippen LogP contribution >= 0.6 is 11.6 Å². The van der Waals surface area contributed by atoms with E-state index in [0.29, 0.717) is 23.1 Å². The van der Waals surface area contributed by atoms with Crippen molar-refractivity contribution >= 4 is 39.1 Å². The first-order valence-corrected chi connectivity index (χ1v) is 16.1. The number of rotatable bonds is 12. The van der Waals surface area contributed by atoms with Gasteiger partial charge < -0.3 is 15.0 Å². The van der Waals surface area contributed by atoms with E-state index < -0.39 is 28.5 Å². The lowest BCUT2D eigenvalue weighted by Crippen LogP contribution is -2.52. The van der Waals surface area contributed by atoms with Crippen molar-refractivity contribution in [2.45, 2.75) is 70.0 Å². The number of benzene rings is 3. The monoisotopic (exact) mass is 611 g/mol. The van der Waals surface area contributed by atoms with Crippen LogP contribution in [-0.4, -0.2) is 50.4 Å². The smallest absolute Gasteiger partial charge is 0.264 e. The molecule has 0 aliphatic heterocycles. The largest absolute Gasteiger partial charge is 0.494 e. The molecule has 1 saturated carbocycles. The van der Waals surface area contributed by atoms with E-state index >= 15 is 0 Å². The van der Waals surface area contributed by atoms with Gasteiger partial charge in [0.05, 0.1) is 17.2 Å². The zero-order valence-corrected chi connectivity index (χ0v) is 25.8. The molecule has 4 rings (SSSR count). The molecule has 0 spiro atoms. The van der Waals surface area contributed by atoms with Crippen molar-refractivity contribution < 1.29 is 22.7 Å². The normalized spacial score (nSPS) is 14.3. The average Bonchev–Trinajstić information content (AvgIpc) is 3.49. The molecule has 1 atom stereocenters. The molecule has 3 aromatic carbocycles. The lowest BCUT2D eigenvalue weighted by atomic mass is 10.1. The van der Waals surface area contributed by atoms with E-state index in [-0.39, 0.29) is 23.4 Å². The summed E-state index contributed by atoms with van der Waals surface area (Å²) in [5.41, 5.74) is 2.14.